The second-order valence-corrected chi connectivity index (χ2v) is 7.09. The number of nitrogens with zero attached hydrogens (tertiary/aromatic N) is 3. The number of hydrogen-bond donors (Lipinski definition) is 1. The summed E-state index contributed by atoms with van der Waals surface area (Å²) in [6.07, 6.45) is 13.8. The molecule has 6 nitrogen and oxygen atoms in total. The van der Waals surface area contributed by atoms with Crippen LogP contribution in [0, 0.1) is 5.92 Å². The van der Waals surface area contributed by atoms with E-state index >= 15 is 0 Å². The molecule has 0 unspecified atom stereocenters. The Hall–Kier alpha value is -1.95. The number of likely N-dealkylation sites (tertiary alicyclic amines) is 1. The van der Waals surface area contributed by atoms with Crippen molar-refractivity contribution in [3.05, 3.63) is 25.0 Å². The van der Waals surface area contributed by atoms with Gasteiger partial charge in [-0.2, -0.15) is 0 Å². The van der Waals surface area contributed by atoms with Crippen molar-refractivity contribution in [3.8, 4) is 5.88 Å². The highest BCUT2D eigenvalue weighted by molar-refractivity contribution is 5.83. The maximum atomic E-state index is 11.1. The minimum atomic E-state index is -0.528. The van der Waals surface area contributed by atoms with Crippen LogP contribution in [0.4, 0.5) is 5.82 Å². The third kappa shape index (κ3) is 5.53. The van der Waals surface area contributed by atoms with Crippen LogP contribution < -0.4 is 10.1 Å². The molecule has 2 fully saturated rings. The fourth-order valence-corrected chi connectivity index (χ4v) is 3.79. The lowest BCUT2D eigenvalue weighted by Crippen LogP contribution is -2.28. The van der Waals surface area contributed by atoms with Gasteiger partial charge in [0.05, 0.1) is 12.4 Å². The Morgan fingerprint density at radius 1 is 1.28 bits per heavy atom. The van der Waals surface area contributed by atoms with Gasteiger partial charge >= 0.3 is 5.97 Å². The zero-order valence-electron chi connectivity index (χ0n) is 14.8. The van der Waals surface area contributed by atoms with Crippen molar-refractivity contribution in [1.82, 2.24) is 14.9 Å². The third-order valence-corrected chi connectivity index (χ3v) is 5.20. The molecule has 0 bridgehead atoms. The van der Waals surface area contributed by atoms with Gasteiger partial charge in [-0.25, -0.2) is 14.8 Å². The summed E-state index contributed by atoms with van der Waals surface area (Å²) in [6, 6.07) is 0.405. The first-order valence-electron chi connectivity index (χ1n) is 9.38. The molecule has 0 radical (unpaired) electrons. The highest BCUT2D eigenvalue weighted by atomic mass is 16.5. The molecule has 6 heteroatoms. The number of anilines is 1. The number of hydrogen-bond acceptors (Lipinski definition) is 6. The molecule has 1 atom stereocenters. The number of nitrogens with one attached hydrogen (secondary N) is 1. The first-order chi connectivity index (χ1) is 12.2. The quantitative estimate of drug-likeness (QED) is 0.606. The van der Waals surface area contributed by atoms with Gasteiger partial charge < -0.3 is 15.0 Å². The summed E-state index contributed by atoms with van der Waals surface area (Å²) in [4.78, 5) is 22.0. The van der Waals surface area contributed by atoms with Gasteiger partial charge in [-0.05, 0) is 25.3 Å². The van der Waals surface area contributed by atoms with Crippen LogP contribution in [0.2, 0.25) is 0 Å². The van der Waals surface area contributed by atoms with Crippen molar-refractivity contribution in [2.45, 2.75) is 51.0 Å². The van der Waals surface area contributed by atoms with Gasteiger partial charge in [0.25, 0.3) is 0 Å². The van der Waals surface area contributed by atoms with E-state index in [1.54, 1.807) is 6.20 Å². The number of rotatable bonds is 7. The molecule has 2 aliphatic rings. The number of ether oxygens (including phenoxy) is 1. The van der Waals surface area contributed by atoms with E-state index < -0.39 is 5.97 Å². The van der Waals surface area contributed by atoms with E-state index in [2.05, 4.69) is 26.8 Å². The summed E-state index contributed by atoms with van der Waals surface area (Å²) < 4.78 is 4.93. The lowest BCUT2D eigenvalue weighted by Gasteiger charge is -2.24. The molecule has 3 rings (SSSR count). The molecular weight excluding hydrogens is 316 g/mol. The van der Waals surface area contributed by atoms with Gasteiger partial charge in [0.15, 0.2) is 0 Å². The molecule has 0 amide bonds. The molecule has 2 heterocycles. The van der Waals surface area contributed by atoms with E-state index in [1.807, 2.05) is 0 Å². The summed E-state index contributed by atoms with van der Waals surface area (Å²) in [7, 11) is 0. The summed E-state index contributed by atoms with van der Waals surface area (Å²) in [5, 5.41) is 3.43. The van der Waals surface area contributed by atoms with Crippen LogP contribution in [-0.2, 0) is 4.79 Å². The first kappa shape index (κ1) is 17.9. The molecule has 1 saturated carbocycles. The Morgan fingerprint density at radius 2 is 2.12 bits per heavy atom. The summed E-state index contributed by atoms with van der Waals surface area (Å²) in [5.41, 5.74) is 0. The van der Waals surface area contributed by atoms with Crippen molar-refractivity contribution in [2.24, 2.45) is 5.92 Å². The highest BCUT2D eigenvalue weighted by Gasteiger charge is 2.23. The van der Waals surface area contributed by atoms with Gasteiger partial charge in [0, 0.05) is 25.2 Å². The SMILES string of the molecule is C=CC(=O)Oc1cnc(N[C@@H]2CCN(CCC3CCCCC3)C2)cn1. The molecule has 1 N–H and O–H groups in total. The van der Waals surface area contributed by atoms with Gasteiger partial charge in [-0.3, -0.25) is 0 Å². The summed E-state index contributed by atoms with van der Waals surface area (Å²) in [5.74, 6) is 1.32. The molecule has 136 valence electrons. The van der Waals surface area contributed by atoms with Crippen LogP contribution in [-0.4, -0.2) is 46.5 Å². The molecule has 0 spiro atoms. The molecule has 25 heavy (non-hydrogen) atoms. The monoisotopic (exact) mass is 344 g/mol. The maximum Gasteiger partial charge on any atom is 0.336 e. The van der Waals surface area contributed by atoms with Crippen LogP contribution in [0.5, 0.6) is 5.88 Å². The fraction of sp³-hybridized carbons (Fsp3) is 0.632. The lowest BCUT2D eigenvalue weighted by molar-refractivity contribution is -0.129. The molecular formula is C19H28N4O2. The smallest absolute Gasteiger partial charge is 0.336 e. The number of aromatic nitrogens is 2. The number of carbonyl (C=O) groups is 1. The fourth-order valence-electron chi connectivity index (χ4n) is 3.79. The van der Waals surface area contributed by atoms with Crippen molar-refractivity contribution >= 4 is 11.8 Å². The Kier molecular flexibility index (Phi) is 6.39. The summed E-state index contributed by atoms with van der Waals surface area (Å²) in [6.45, 7) is 6.77. The minimum Gasteiger partial charge on any atom is -0.403 e. The molecule has 1 aromatic heterocycles. The molecule has 1 saturated heterocycles. The average Bonchev–Trinajstić information content (AvgIpc) is 3.10. The van der Waals surface area contributed by atoms with Crippen LogP contribution in [0.25, 0.3) is 0 Å². The van der Waals surface area contributed by atoms with Crippen molar-refractivity contribution in [3.63, 3.8) is 0 Å². The van der Waals surface area contributed by atoms with Crippen LogP contribution >= 0.6 is 0 Å². The minimum absolute atomic E-state index is 0.191. The standard InChI is InChI=1S/C19H28N4O2/c1-2-19(24)25-18-13-20-17(12-21-18)22-16-9-11-23(14-16)10-8-15-6-4-3-5-7-15/h2,12-13,15-16H,1,3-11,14H2,(H,20,22)/t16-/m1/s1. The normalized spacial score (nSPS) is 21.8. The zero-order chi connectivity index (χ0) is 17.5. The van der Waals surface area contributed by atoms with E-state index in [0.29, 0.717) is 6.04 Å². The van der Waals surface area contributed by atoms with E-state index in [4.69, 9.17) is 4.74 Å². The van der Waals surface area contributed by atoms with Crippen molar-refractivity contribution < 1.29 is 9.53 Å². The average molecular weight is 344 g/mol. The predicted octanol–water partition coefficient (Wildman–Crippen LogP) is 3.02. The van der Waals surface area contributed by atoms with E-state index in [0.717, 1.165) is 37.3 Å². The van der Waals surface area contributed by atoms with Crippen molar-refractivity contribution in [1.29, 1.82) is 0 Å². The Balaban J connectivity index is 1.40. The second-order valence-electron chi connectivity index (χ2n) is 7.09. The zero-order valence-corrected chi connectivity index (χ0v) is 14.8. The highest BCUT2D eigenvalue weighted by Crippen LogP contribution is 2.27. The largest absolute Gasteiger partial charge is 0.403 e. The van der Waals surface area contributed by atoms with Crippen LogP contribution in [0.15, 0.2) is 25.0 Å². The lowest BCUT2D eigenvalue weighted by atomic mass is 9.87. The van der Waals surface area contributed by atoms with Crippen LogP contribution in [0.3, 0.4) is 0 Å². The molecule has 1 aliphatic carbocycles. The maximum absolute atomic E-state index is 11.1. The second kappa shape index (κ2) is 8.94. The Bertz CT molecular complexity index is 569. The predicted molar refractivity (Wildman–Crippen MR) is 97.5 cm³/mol. The van der Waals surface area contributed by atoms with E-state index in [9.17, 15) is 4.79 Å². The Labute approximate surface area is 149 Å². The van der Waals surface area contributed by atoms with Gasteiger partial charge in [-0.1, -0.05) is 38.7 Å². The first-order valence-corrected chi connectivity index (χ1v) is 9.38. The third-order valence-electron chi connectivity index (χ3n) is 5.20. The molecule has 1 aliphatic heterocycles. The molecule has 1 aromatic rings. The van der Waals surface area contributed by atoms with Crippen LogP contribution in [0.1, 0.15) is 44.9 Å². The summed E-state index contributed by atoms with van der Waals surface area (Å²) >= 11 is 0. The van der Waals surface area contributed by atoms with Gasteiger partial charge in [0.2, 0.25) is 5.88 Å². The number of esters is 1. The number of carbonyl (C=O) groups excluding carboxylic acids is 1. The molecule has 0 aromatic carbocycles. The van der Waals surface area contributed by atoms with Gasteiger partial charge in [0.1, 0.15) is 5.82 Å². The topological polar surface area (TPSA) is 67.3 Å². The van der Waals surface area contributed by atoms with Crippen molar-refractivity contribution in [2.75, 3.05) is 25.0 Å². The Morgan fingerprint density at radius 3 is 2.84 bits per heavy atom. The van der Waals surface area contributed by atoms with E-state index in [1.165, 1.54) is 51.3 Å². The van der Waals surface area contributed by atoms with E-state index in [-0.39, 0.29) is 5.88 Å². The van der Waals surface area contributed by atoms with Gasteiger partial charge in [-0.15, -0.1) is 0 Å².